The van der Waals surface area contributed by atoms with Crippen molar-refractivity contribution in [1.82, 2.24) is 0 Å². The minimum atomic E-state index is -1.47. The molecule has 4 heterocycles. The summed E-state index contributed by atoms with van der Waals surface area (Å²) in [6, 6.07) is 35.5. The fourth-order valence-electron chi connectivity index (χ4n) is 7.42. The number of amides is 1. The maximum absolute atomic E-state index is 15.0. The number of hydrogen-bond acceptors (Lipinski definition) is 6. The van der Waals surface area contributed by atoms with E-state index in [9.17, 15) is 9.59 Å². The highest BCUT2D eigenvalue weighted by molar-refractivity contribution is 6.15. The number of ketones is 1. The van der Waals surface area contributed by atoms with Gasteiger partial charge in [-0.1, -0.05) is 109 Å². The third-order valence-corrected chi connectivity index (χ3v) is 9.27. The Kier molecular flexibility index (Phi) is 6.27. The van der Waals surface area contributed by atoms with Crippen LogP contribution in [0.3, 0.4) is 0 Å². The van der Waals surface area contributed by atoms with Crippen molar-refractivity contribution in [2.45, 2.75) is 23.6 Å². The number of carbonyl (C=O) groups is 3. The molecule has 4 atom stereocenters. The minimum Gasteiger partial charge on any atom is -0.461 e. The van der Waals surface area contributed by atoms with Crippen molar-refractivity contribution in [3.8, 4) is 0 Å². The van der Waals surface area contributed by atoms with Crippen LogP contribution >= 0.6 is 0 Å². The largest absolute Gasteiger partial charge is 0.461 e. The lowest BCUT2D eigenvalue weighted by Gasteiger charge is -2.37. The summed E-state index contributed by atoms with van der Waals surface area (Å²) >= 11 is 0. The van der Waals surface area contributed by atoms with E-state index in [1.165, 1.54) is 6.26 Å². The maximum Gasteiger partial charge on any atom is 0.314 e. The SMILES string of the molecule is O=C(c1ccco1)[C@@H]1[C@H](C(=O)OC(c2ccccc2)c2ccccc2)[C@@]2(C(=O)Nc3ccccc32)[C@@H]2C=Cc3ccccc3N12. The molecule has 7 heteroatoms. The van der Waals surface area contributed by atoms with Gasteiger partial charge in [0, 0.05) is 11.4 Å². The fraction of sp³-hybridized carbons (Fsp3) is 0.132. The zero-order valence-electron chi connectivity index (χ0n) is 24.1. The Morgan fingerprint density at radius 2 is 1.47 bits per heavy atom. The summed E-state index contributed by atoms with van der Waals surface area (Å²) in [6.45, 7) is 0. The molecule has 8 rings (SSSR count). The predicted molar refractivity (Wildman–Crippen MR) is 170 cm³/mol. The standard InChI is InChI=1S/C38H28N2O5/c41-34(30-20-11-23-44-30)33-32(36(42)45-35(25-13-3-1-4-14-25)26-15-5-2-6-16-26)38(27-17-8-9-18-28(27)39-37(38)43)31-22-21-24-12-7-10-19-29(24)40(31)33/h1-23,31-33,35H,(H,39,43)/t31-,32+,33-,38-/m0/s1. The smallest absolute Gasteiger partial charge is 0.314 e. The minimum absolute atomic E-state index is 0.106. The molecule has 45 heavy (non-hydrogen) atoms. The van der Waals surface area contributed by atoms with Crippen LogP contribution in [0.2, 0.25) is 0 Å². The molecule has 0 radical (unpaired) electrons. The molecule has 1 N–H and O–H groups in total. The molecule has 1 aromatic heterocycles. The van der Waals surface area contributed by atoms with Crippen molar-refractivity contribution >= 4 is 35.1 Å². The number of esters is 1. The van der Waals surface area contributed by atoms with Crippen LogP contribution in [0.5, 0.6) is 0 Å². The number of furan rings is 1. The second kappa shape index (κ2) is 10.5. The van der Waals surface area contributed by atoms with Gasteiger partial charge in [0.25, 0.3) is 0 Å². The van der Waals surface area contributed by atoms with Gasteiger partial charge in [-0.2, -0.15) is 0 Å². The van der Waals surface area contributed by atoms with Gasteiger partial charge in [-0.3, -0.25) is 14.4 Å². The first-order valence-electron chi connectivity index (χ1n) is 14.9. The van der Waals surface area contributed by atoms with E-state index in [-0.39, 0.29) is 11.7 Å². The van der Waals surface area contributed by atoms with E-state index in [0.717, 1.165) is 22.4 Å². The Balaban J connectivity index is 1.35. The van der Waals surface area contributed by atoms with Crippen molar-refractivity contribution < 1.29 is 23.5 Å². The third kappa shape index (κ3) is 4.00. The van der Waals surface area contributed by atoms with Crippen molar-refractivity contribution in [2.75, 3.05) is 10.2 Å². The molecule has 5 aromatic rings. The number of rotatable bonds is 6. The molecule has 0 saturated carbocycles. The zero-order chi connectivity index (χ0) is 30.5. The summed E-state index contributed by atoms with van der Waals surface area (Å²) in [5, 5.41) is 3.04. The topological polar surface area (TPSA) is 88.9 Å². The second-order valence-electron chi connectivity index (χ2n) is 11.5. The predicted octanol–water partition coefficient (Wildman–Crippen LogP) is 6.59. The summed E-state index contributed by atoms with van der Waals surface area (Å²) in [6.07, 6.45) is 4.57. The molecule has 0 aliphatic carbocycles. The van der Waals surface area contributed by atoms with Crippen LogP contribution in [0, 0.1) is 5.92 Å². The average Bonchev–Trinajstić information content (AvgIpc) is 3.81. The van der Waals surface area contributed by atoms with E-state index < -0.39 is 41.3 Å². The maximum atomic E-state index is 15.0. The van der Waals surface area contributed by atoms with Gasteiger partial charge in [0.1, 0.15) is 17.4 Å². The van der Waals surface area contributed by atoms with E-state index in [0.29, 0.717) is 11.3 Å². The van der Waals surface area contributed by atoms with Gasteiger partial charge in [-0.15, -0.1) is 0 Å². The van der Waals surface area contributed by atoms with Crippen LogP contribution < -0.4 is 10.2 Å². The first-order valence-corrected chi connectivity index (χ1v) is 14.9. The molecule has 4 aromatic carbocycles. The Bertz CT molecular complexity index is 1910. The van der Waals surface area contributed by atoms with Crippen LogP contribution in [0.15, 0.2) is 138 Å². The van der Waals surface area contributed by atoms with E-state index in [2.05, 4.69) is 5.32 Å². The quantitative estimate of drug-likeness (QED) is 0.177. The number of nitrogens with zero attached hydrogens (tertiary/aromatic N) is 1. The molecule has 1 saturated heterocycles. The van der Waals surface area contributed by atoms with Gasteiger partial charge in [0.05, 0.1) is 12.3 Å². The lowest BCUT2D eigenvalue weighted by atomic mass is 9.66. The van der Waals surface area contributed by atoms with Gasteiger partial charge < -0.3 is 19.4 Å². The number of fused-ring (bicyclic) bond motifs is 6. The molecule has 7 nitrogen and oxygen atoms in total. The Morgan fingerprint density at radius 1 is 0.800 bits per heavy atom. The first kappa shape index (κ1) is 26.9. The Hall–Kier alpha value is -5.69. The van der Waals surface area contributed by atoms with Gasteiger partial charge >= 0.3 is 5.97 Å². The highest BCUT2D eigenvalue weighted by Gasteiger charge is 2.71. The van der Waals surface area contributed by atoms with Crippen LogP contribution in [-0.2, 0) is 19.7 Å². The van der Waals surface area contributed by atoms with Crippen molar-refractivity contribution in [1.29, 1.82) is 0 Å². The van der Waals surface area contributed by atoms with Gasteiger partial charge in [0.2, 0.25) is 11.7 Å². The number of anilines is 2. The monoisotopic (exact) mass is 592 g/mol. The van der Waals surface area contributed by atoms with Crippen LogP contribution in [0.4, 0.5) is 11.4 Å². The molecule has 3 aliphatic heterocycles. The van der Waals surface area contributed by atoms with E-state index >= 15 is 4.79 Å². The second-order valence-corrected chi connectivity index (χ2v) is 11.5. The summed E-state index contributed by atoms with van der Waals surface area (Å²) in [5.74, 6) is -2.52. The lowest BCUT2D eigenvalue weighted by molar-refractivity contribution is -0.156. The van der Waals surface area contributed by atoms with E-state index in [1.807, 2.05) is 126 Å². The van der Waals surface area contributed by atoms with Crippen molar-refractivity contribution in [3.05, 3.63) is 162 Å². The number of nitrogens with one attached hydrogen (secondary N) is 1. The molecule has 0 unspecified atom stereocenters. The van der Waals surface area contributed by atoms with Gasteiger partial charge in [-0.25, -0.2) is 0 Å². The van der Waals surface area contributed by atoms with Gasteiger partial charge in [-0.05, 0) is 46.5 Å². The molecule has 1 amide bonds. The van der Waals surface area contributed by atoms with Gasteiger partial charge in [0.15, 0.2) is 11.9 Å². The number of Topliss-reactive ketones (excluding diaryl/α,β-unsaturated/α-hetero) is 1. The molecule has 220 valence electrons. The summed E-state index contributed by atoms with van der Waals surface area (Å²) < 4.78 is 12.1. The van der Waals surface area contributed by atoms with E-state index in [1.54, 1.807) is 12.1 Å². The molecule has 0 bridgehead atoms. The normalized spacial score (nSPS) is 22.6. The Labute approximate surface area is 259 Å². The molecule has 1 fully saturated rings. The van der Waals surface area contributed by atoms with Crippen LogP contribution in [0.25, 0.3) is 6.08 Å². The molecular formula is C38H28N2O5. The number of carbonyl (C=O) groups excluding carboxylic acids is 3. The zero-order valence-corrected chi connectivity index (χ0v) is 24.1. The Morgan fingerprint density at radius 3 is 2.18 bits per heavy atom. The number of ether oxygens (including phenoxy) is 1. The molecule has 3 aliphatic rings. The van der Waals surface area contributed by atoms with Crippen LogP contribution in [0.1, 0.15) is 38.9 Å². The molecule has 1 spiro atoms. The van der Waals surface area contributed by atoms with Crippen molar-refractivity contribution in [2.24, 2.45) is 5.92 Å². The summed E-state index contributed by atoms with van der Waals surface area (Å²) in [7, 11) is 0. The number of benzene rings is 4. The highest BCUT2D eigenvalue weighted by Crippen LogP contribution is 2.58. The first-order chi connectivity index (χ1) is 22.1. The van der Waals surface area contributed by atoms with E-state index in [4.69, 9.17) is 9.15 Å². The van der Waals surface area contributed by atoms with Crippen molar-refractivity contribution in [3.63, 3.8) is 0 Å². The third-order valence-electron chi connectivity index (χ3n) is 9.27. The lowest BCUT2D eigenvalue weighted by Crippen LogP contribution is -2.51. The molecular weight excluding hydrogens is 564 g/mol. The number of para-hydroxylation sites is 2. The average molecular weight is 593 g/mol. The summed E-state index contributed by atoms with van der Waals surface area (Å²) in [4.78, 5) is 46.0. The summed E-state index contributed by atoms with van der Waals surface area (Å²) in [5.41, 5.74) is 2.98. The fourth-order valence-corrected chi connectivity index (χ4v) is 7.42. The highest BCUT2D eigenvalue weighted by atomic mass is 16.5. The number of hydrogen-bond donors (Lipinski definition) is 1. The van der Waals surface area contributed by atoms with Crippen LogP contribution in [-0.4, -0.2) is 29.7 Å².